The SMILES string of the molecule is Cc1cccc(C(=O)c2ccc(N)cc2Br)c1I. The molecule has 0 saturated heterocycles. The fourth-order valence-corrected chi connectivity index (χ4v) is 2.86. The quantitative estimate of drug-likeness (QED) is 0.454. The Morgan fingerprint density at radius 2 is 1.94 bits per heavy atom. The minimum atomic E-state index is 0.00924. The number of halogens is 2. The smallest absolute Gasteiger partial charge is 0.195 e. The van der Waals surface area contributed by atoms with E-state index in [2.05, 4.69) is 38.5 Å². The van der Waals surface area contributed by atoms with E-state index in [1.54, 1.807) is 18.2 Å². The van der Waals surface area contributed by atoms with Crippen LogP contribution in [0, 0.1) is 10.5 Å². The van der Waals surface area contributed by atoms with Gasteiger partial charge in [-0.15, -0.1) is 0 Å². The van der Waals surface area contributed by atoms with Crippen LogP contribution in [0.1, 0.15) is 21.5 Å². The molecule has 2 N–H and O–H groups in total. The molecule has 0 atom stereocenters. The van der Waals surface area contributed by atoms with Crippen molar-refractivity contribution in [3.8, 4) is 0 Å². The first-order valence-electron chi connectivity index (χ1n) is 5.35. The van der Waals surface area contributed by atoms with E-state index in [-0.39, 0.29) is 5.78 Å². The van der Waals surface area contributed by atoms with E-state index in [1.807, 2.05) is 25.1 Å². The second-order valence-corrected chi connectivity index (χ2v) is 5.94. The third kappa shape index (κ3) is 2.59. The lowest BCUT2D eigenvalue weighted by molar-refractivity contribution is 0.103. The number of nitrogens with two attached hydrogens (primary N) is 1. The zero-order valence-corrected chi connectivity index (χ0v) is 13.4. The second-order valence-electron chi connectivity index (χ2n) is 4.00. The second kappa shape index (κ2) is 5.40. The molecule has 0 spiro atoms. The number of carbonyl (C=O) groups excluding carboxylic acids is 1. The van der Waals surface area contributed by atoms with Crippen molar-refractivity contribution in [3.05, 3.63) is 61.1 Å². The van der Waals surface area contributed by atoms with Gasteiger partial charge in [0.2, 0.25) is 0 Å². The van der Waals surface area contributed by atoms with Gasteiger partial charge in [0.05, 0.1) is 0 Å². The zero-order chi connectivity index (χ0) is 13.3. The van der Waals surface area contributed by atoms with Crippen LogP contribution in [0.25, 0.3) is 0 Å². The maximum absolute atomic E-state index is 12.5. The largest absolute Gasteiger partial charge is 0.399 e. The molecule has 0 aliphatic heterocycles. The summed E-state index contributed by atoms with van der Waals surface area (Å²) in [7, 11) is 0. The van der Waals surface area contributed by atoms with Crippen LogP contribution < -0.4 is 5.73 Å². The molecule has 4 heteroatoms. The number of hydrogen-bond donors (Lipinski definition) is 1. The number of aryl methyl sites for hydroxylation is 1. The number of hydrogen-bond acceptors (Lipinski definition) is 2. The first-order chi connectivity index (χ1) is 8.50. The summed E-state index contributed by atoms with van der Waals surface area (Å²) in [4.78, 5) is 12.5. The molecule has 2 rings (SSSR count). The Bertz CT molecular complexity index is 625. The molecule has 0 aromatic heterocycles. The summed E-state index contributed by atoms with van der Waals surface area (Å²) >= 11 is 5.59. The molecule has 0 fully saturated rings. The number of anilines is 1. The van der Waals surface area contributed by atoms with Crippen LogP contribution in [0.15, 0.2) is 40.9 Å². The molecule has 0 bridgehead atoms. The number of nitrogen functional groups attached to an aromatic ring is 1. The van der Waals surface area contributed by atoms with E-state index in [9.17, 15) is 4.79 Å². The van der Waals surface area contributed by atoms with Gasteiger partial charge in [-0.25, -0.2) is 0 Å². The molecule has 0 heterocycles. The van der Waals surface area contributed by atoms with Crippen LogP contribution in [-0.2, 0) is 0 Å². The van der Waals surface area contributed by atoms with Gasteiger partial charge in [-0.1, -0.05) is 12.1 Å². The zero-order valence-electron chi connectivity index (χ0n) is 9.71. The van der Waals surface area contributed by atoms with E-state index >= 15 is 0 Å². The first-order valence-corrected chi connectivity index (χ1v) is 7.22. The van der Waals surface area contributed by atoms with Crippen LogP contribution in [0.3, 0.4) is 0 Å². The van der Waals surface area contributed by atoms with Gasteiger partial charge in [-0.05, 0) is 75.3 Å². The minimum Gasteiger partial charge on any atom is -0.399 e. The Balaban J connectivity index is 2.51. The van der Waals surface area contributed by atoms with Gasteiger partial charge in [0.1, 0.15) is 0 Å². The molecular weight excluding hydrogens is 405 g/mol. The predicted molar refractivity (Wildman–Crippen MR) is 85.9 cm³/mol. The molecule has 2 aromatic carbocycles. The van der Waals surface area contributed by atoms with Gasteiger partial charge < -0.3 is 5.73 Å². The maximum atomic E-state index is 12.5. The normalized spacial score (nSPS) is 10.4. The van der Waals surface area contributed by atoms with Crippen molar-refractivity contribution in [1.82, 2.24) is 0 Å². The average Bonchev–Trinajstić information content (AvgIpc) is 2.32. The number of carbonyl (C=O) groups is 1. The summed E-state index contributed by atoms with van der Waals surface area (Å²) in [6.45, 7) is 2.00. The van der Waals surface area contributed by atoms with E-state index in [0.717, 1.165) is 19.2 Å². The summed E-state index contributed by atoms with van der Waals surface area (Å²) in [6.07, 6.45) is 0. The molecule has 0 radical (unpaired) electrons. The van der Waals surface area contributed by atoms with Crippen molar-refractivity contribution in [2.75, 3.05) is 5.73 Å². The molecule has 0 aliphatic carbocycles. The third-order valence-corrected chi connectivity index (χ3v) is 4.76. The lowest BCUT2D eigenvalue weighted by Gasteiger charge is -2.08. The molecule has 0 aliphatic rings. The van der Waals surface area contributed by atoms with E-state index < -0.39 is 0 Å². The Hall–Kier alpha value is -0.880. The van der Waals surface area contributed by atoms with Crippen molar-refractivity contribution in [1.29, 1.82) is 0 Å². The Morgan fingerprint density at radius 3 is 2.61 bits per heavy atom. The van der Waals surface area contributed by atoms with Gasteiger partial charge in [0.25, 0.3) is 0 Å². The van der Waals surface area contributed by atoms with Gasteiger partial charge in [0.15, 0.2) is 5.78 Å². The predicted octanol–water partition coefficient (Wildman–Crippen LogP) is 4.18. The van der Waals surface area contributed by atoms with Crippen LogP contribution in [-0.4, -0.2) is 5.78 Å². The maximum Gasteiger partial charge on any atom is 0.195 e. The van der Waals surface area contributed by atoms with Crippen LogP contribution in [0.4, 0.5) is 5.69 Å². The summed E-state index contributed by atoms with van der Waals surface area (Å²) in [5.41, 5.74) is 8.77. The molecule has 2 nitrogen and oxygen atoms in total. The fourth-order valence-electron chi connectivity index (χ4n) is 1.68. The van der Waals surface area contributed by atoms with Gasteiger partial charge in [0, 0.05) is 24.9 Å². The van der Waals surface area contributed by atoms with Gasteiger partial charge in [-0.2, -0.15) is 0 Å². The lowest BCUT2D eigenvalue weighted by Crippen LogP contribution is -2.06. The van der Waals surface area contributed by atoms with Gasteiger partial charge >= 0.3 is 0 Å². The number of benzene rings is 2. The fraction of sp³-hybridized carbons (Fsp3) is 0.0714. The molecule has 0 amide bonds. The highest BCUT2D eigenvalue weighted by molar-refractivity contribution is 14.1. The molecule has 0 saturated carbocycles. The summed E-state index contributed by atoms with van der Waals surface area (Å²) < 4.78 is 1.72. The highest BCUT2D eigenvalue weighted by Gasteiger charge is 2.16. The molecular formula is C14H11BrINO. The van der Waals surface area contributed by atoms with Crippen molar-refractivity contribution >= 4 is 50.0 Å². The summed E-state index contributed by atoms with van der Waals surface area (Å²) in [6, 6.07) is 11.0. The van der Waals surface area contributed by atoms with Crippen molar-refractivity contribution in [2.24, 2.45) is 0 Å². The average molecular weight is 416 g/mol. The molecule has 18 heavy (non-hydrogen) atoms. The monoisotopic (exact) mass is 415 g/mol. The summed E-state index contributed by atoms with van der Waals surface area (Å²) in [5, 5.41) is 0. The van der Waals surface area contributed by atoms with Crippen molar-refractivity contribution in [2.45, 2.75) is 6.92 Å². The number of rotatable bonds is 2. The van der Waals surface area contributed by atoms with E-state index in [1.165, 1.54) is 0 Å². The van der Waals surface area contributed by atoms with Crippen LogP contribution in [0.5, 0.6) is 0 Å². The molecule has 2 aromatic rings. The Labute approximate surface area is 128 Å². The highest BCUT2D eigenvalue weighted by Crippen LogP contribution is 2.25. The highest BCUT2D eigenvalue weighted by atomic mass is 127. The number of ketones is 1. The Kier molecular flexibility index (Phi) is 4.07. The van der Waals surface area contributed by atoms with Crippen molar-refractivity contribution in [3.63, 3.8) is 0 Å². The van der Waals surface area contributed by atoms with E-state index in [0.29, 0.717) is 11.3 Å². The topological polar surface area (TPSA) is 43.1 Å². The standard InChI is InChI=1S/C14H11BrINO/c1-8-3-2-4-11(13(8)16)14(18)10-6-5-9(17)7-12(10)15/h2-7H,17H2,1H3. The van der Waals surface area contributed by atoms with Crippen LogP contribution >= 0.6 is 38.5 Å². The summed E-state index contributed by atoms with van der Waals surface area (Å²) in [5.74, 6) is 0.00924. The molecule has 92 valence electrons. The lowest BCUT2D eigenvalue weighted by atomic mass is 10.0. The van der Waals surface area contributed by atoms with Crippen molar-refractivity contribution < 1.29 is 4.79 Å². The minimum absolute atomic E-state index is 0.00924. The van der Waals surface area contributed by atoms with E-state index in [4.69, 9.17) is 5.73 Å². The Morgan fingerprint density at radius 1 is 1.22 bits per heavy atom. The third-order valence-electron chi connectivity index (χ3n) is 2.67. The molecule has 0 unspecified atom stereocenters. The first kappa shape index (κ1) is 13.5. The van der Waals surface area contributed by atoms with Gasteiger partial charge in [-0.3, -0.25) is 4.79 Å². The van der Waals surface area contributed by atoms with Crippen LogP contribution in [0.2, 0.25) is 0 Å².